The number of hydrogen-bond donors (Lipinski definition) is 1. The third kappa shape index (κ3) is 6.37. The molecule has 204 valence electrons. The minimum absolute atomic E-state index is 0.108. The highest BCUT2D eigenvalue weighted by Gasteiger charge is 2.52. The van der Waals surface area contributed by atoms with Crippen molar-refractivity contribution in [3.05, 3.63) is 12.4 Å². The quantitative estimate of drug-likeness (QED) is 0.577. The van der Waals surface area contributed by atoms with Crippen molar-refractivity contribution >= 4 is 30.5 Å². The standard InChI is InChI=1S/C26H42BN5O5/c1-17(30-23(34)35-24(2,3)4)21(33)31-13-9-10-20(16-31)32(19-11-12-19)22-28-14-18(15-29-22)27-36-25(5,6)26(7,8)37-27/h14-15,17,19-20H,9-13,16H2,1-8H3,(H,30,34). The van der Waals surface area contributed by atoms with E-state index in [0.29, 0.717) is 25.1 Å². The van der Waals surface area contributed by atoms with Crippen molar-refractivity contribution < 1.29 is 23.6 Å². The molecule has 4 rings (SSSR count). The molecule has 37 heavy (non-hydrogen) atoms. The van der Waals surface area contributed by atoms with Crippen LogP contribution < -0.4 is 15.7 Å². The van der Waals surface area contributed by atoms with Crippen LogP contribution >= 0.6 is 0 Å². The Balaban J connectivity index is 1.41. The van der Waals surface area contributed by atoms with Crippen molar-refractivity contribution in [2.24, 2.45) is 0 Å². The molecule has 0 bridgehead atoms. The minimum Gasteiger partial charge on any atom is -0.444 e. The third-order valence-electron chi connectivity index (χ3n) is 7.56. The molecule has 1 saturated carbocycles. The van der Waals surface area contributed by atoms with Crippen molar-refractivity contribution in [1.82, 2.24) is 20.2 Å². The van der Waals surface area contributed by atoms with Gasteiger partial charge in [-0.3, -0.25) is 4.79 Å². The van der Waals surface area contributed by atoms with Gasteiger partial charge in [-0.2, -0.15) is 0 Å². The van der Waals surface area contributed by atoms with E-state index in [9.17, 15) is 9.59 Å². The number of rotatable bonds is 6. The van der Waals surface area contributed by atoms with E-state index in [1.807, 2.05) is 32.6 Å². The fourth-order valence-electron chi connectivity index (χ4n) is 4.74. The molecule has 0 radical (unpaired) electrons. The van der Waals surface area contributed by atoms with Gasteiger partial charge in [0.1, 0.15) is 11.6 Å². The Hall–Kier alpha value is -2.40. The van der Waals surface area contributed by atoms with Gasteiger partial charge in [-0.25, -0.2) is 14.8 Å². The van der Waals surface area contributed by atoms with Gasteiger partial charge in [-0.15, -0.1) is 0 Å². The van der Waals surface area contributed by atoms with Crippen LogP contribution in [0.5, 0.6) is 0 Å². The summed E-state index contributed by atoms with van der Waals surface area (Å²) in [4.78, 5) is 38.9. The van der Waals surface area contributed by atoms with Crippen LogP contribution in [0.4, 0.5) is 10.7 Å². The van der Waals surface area contributed by atoms with Crippen LogP contribution in [0.15, 0.2) is 12.4 Å². The second-order valence-electron chi connectivity index (χ2n) is 12.5. The molecule has 10 nitrogen and oxygen atoms in total. The molecule has 0 spiro atoms. The zero-order valence-corrected chi connectivity index (χ0v) is 23.5. The predicted molar refractivity (Wildman–Crippen MR) is 142 cm³/mol. The van der Waals surface area contributed by atoms with E-state index in [1.54, 1.807) is 40.1 Å². The molecular formula is C26H42BN5O5. The minimum atomic E-state index is -0.668. The van der Waals surface area contributed by atoms with Crippen LogP contribution in [0, 0.1) is 0 Å². The summed E-state index contributed by atoms with van der Waals surface area (Å²) in [6.45, 7) is 16.4. The van der Waals surface area contributed by atoms with Gasteiger partial charge in [0.2, 0.25) is 11.9 Å². The monoisotopic (exact) mass is 515 g/mol. The Labute approximate surface area is 221 Å². The number of nitrogens with one attached hydrogen (secondary N) is 1. The van der Waals surface area contributed by atoms with E-state index >= 15 is 0 Å². The SMILES string of the molecule is CC(NC(=O)OC(C)(C)C)C(=O)N1CCCC(N(c2ncc(B3OC(C)(C)C(C)(C)O3)cn2)C2CC2)C1. The largest absolute Gasteiger partial charge is 0.498 e. The molecule has 1 aliphatic carbocycles. The molecule has 3 heterocycles. The Morgan fingerprint density at radius 2 is 1.70 bits per heavy atom. The highest BCUT2D eigenvalue weighted by Crippen LogP contribution is 2.37. The summed E-state index contributed by atoms with van der Waals surface area (Å²) < 4.78 is 17.6. The molecule has 2 amide bonds. The lowest BCUT2D eigenvalue weighted by Crippen LogP contribution is -2.55. The first kappa shape index (κ1) is 27.6. The highest BCUT2D eigenvalue weighted by atomic mass is 16.7. The average molecular weight is 515 g/mol. The van der Waals surface area contributed by atoms with Crippen LogP contribution in [-0.2, 0) is 18.8 Å². The van der Waals surface area contributed by atoms with Crippen molar-refractivity contribution in [2.45, 2.75) is 116 Å². The molecule has 11 heteroatoms. The van der Waals surface area contributed by atoms with E-state index in [4.69, 9.17) is 24.0 Å². The lowest BCUT2D eigenvalue weighted by Gasteiger charge is -2.40. The molecule has 2 atom stereocenters. The number of aromatic nitrogens is 2. The Morgan fingerprint density at radius 1 is 1.11 bits per heavy atom. The van der Waals surface area contributed by atoms with Crippen LogP contribution in [0.3, 0.4) is 0 Å². The summed E-state index contributed by atoms with van der Waals surface area (Å²) in [6, 6.07) is -0.180. The fraction of sp³-hybridized carbons (Fsp3) is 0.769. The number of anilines is 1. The Morgan fingerprint density at radius 3 is 2.24 bits per heavy atom. The highest BCUT2D eigenvalue weighted by molar-refractivity contribution is 6.61. The molecule has 1 aromatic heterocycles. The van der Waals surface area contributed by atoms with Crippen LogP contribution in [0.1, 0.15) is 81.1 Å². The van der Waals surface area contributed by atoms with Gasteiger partial charge in [0.05, 0.1) is 11.2 Å². The summed E-state index contributed by atoms with van der Waals surface area (Å²) in [6.07, 6.45) is 7.00. The maximum atomic E-state index is 13.2. The normalized spacial score (nSPS) is 23.9. The Bertz CT molecular complexity index is 976. The van der Waals surface area contributed by atoms with Gasteiger partial charge in [0, 0.05) is 43.0 Å². The molecule has 3 fully saturated rings. The molecule has 3 aliphatic rings. The maximum absolute atomic E-state index is 13.2. The van der Waals surface area contributed by atoms with Crippen molar-refractivity contribution in [2.75, 3.05) is 18.0 Å². The molecule has 1 N–H and O–H groups in total. The molecule has 0 aromatic carbocycles. The number of amides is 2. The first-order valence-electron chi connectivity index (χ1n) is 13.4. The summed E-state index contributed by atoms with van der Waals surface area (Å²) in [5, 5.41) is 2.67. The topological polar surface area (TPSA) is 106 Å². The predicted octanol–water partition coefficient (Wildman–Crippen LogP) is 2.65. The third-order valence-corrected chi connectivity index (χ3v) is 7.56. The summed E-state index contributed by atoms with van der Waals surface area (Å²) >= 11 is 0. The summed E-state index contributed by atoms with van der Waals surface area (Å²) in [7, 11) is -0.504. The van der Waals surface area contributed by atoms with Gasteiger partial charge in [0.15, 0.2) is 0 Å². The first-order chi connectivity index (χ1) is 17.2. The molecule has 2 unspecified atom stereocenters. The lowest BCUT2D eigenvalue weighted by atomic mass is 9.81. The summed E-state index contributed by atoms with van der Waals surface area (Å²) in [5.41, 5.74) is -0.680. The van der Waals surface area contributed by atoms with E-state index in [0.717, 1.165) is 31.1 Å². The van der Waals surface area contributed by atoms with Gasteiger partial charge in [0.25, 0.3) is 0 Å². The van der Waals surface area contributed by atoms with E-state index in [2.05, 4.69) is 10.2 Å². The lowest BCUT2D eigenvalue weighted by molar-refractivity contribution is -0.134. The van der Waals surface area contributed by atoms with Crippen LogP contribution in [-0.4, -0.2) is 82.0 Å². The van der Waals surface area contributed by atoms with Gasteiger partial charge in [-0.05, 0) is 81.1 Å². The average Bonchev–Trinajstić information content (AvgIpc) is 3.59. The number of piperidine rings is 1. The molecule has 1 aromatic rings. The fourth-order valence-corrected chi connectivity index (χ4v) is 4.74. The zero-order chi connectivity index (χ0) is 27.2. The second-order valence-corrected chi connectivity index (χ2v) is 12.5. The number of likely N-dealkylation sites (tertiary alicyclic amines) is 1. The van der Waals surface area contributed by atoms with Gasteiger partial charge < -0.3 is 29.2 Å². The number of alkyl carbamates (subject to hydrolysis) is 1. The first-order valence-corrected chi connectivity index (χ1v) is 13.4. The van der Waals surface area contributed by atoms with Crippen LogP contribution in [0.2, 0.25) is 0 Å². The van der Waals surface area contributed by atoms with E-state index < -0.39 is 36.1 Å². The van der Waals surface area contributed by atoms with Gasteiger partial charge in [-0.1, -0.05) is 0 Å². The number of nitrogens with zero attached hydrogens (tertiary/aromatic N) is 4. The van der Waals surface area contributed by atoms with Crippen molar-refractivity contribution in [1.29, 1.82) is 0 Å². The number of carbonyl (C=O) groups is 2. The van der Waals surface area contributed by atoms with Gasteiger partial charge >= 0.3 is 13.2 Å². The van der Waals surface area contributed by atoms with Crippen molar-refractivity contribution in [3.8, 4) is 0 Å². The summed E-state index contributed by atoms with van der Waals surface area (Å²) in [5.74, 6) is 0.560. The number of ether oxygens (including phenoxy) is 1. The molecule has 2 aliphatic heterocycles. The second kappa shape index (κ2) is 10.1. The van der Waals surface area contributed by atoms with E-state index in [1.165, 1.54) is 0 Å². The maximum Gasteiger partial charge on any atom is 0.498 e. The van der Waals surface area contributed by atoms with E-state index in [-0.39, 0.29) is 11.9 Å². The van der Waals surface area contributed by atoms with Crippen molar-refractivity contribution in [3.63, 3.8) is 0 Å². The molecule has 2 saturated heterocycles. The Kier molecular flexibility index (Phi) is 7.51. The number of hydrogen-bond acceptors (Lipinski definition) is 8. The zero-order valence-electron chi connectivity index (χ0n) is 23.5. The van der Waals surface area contributed by atoms with Crippen LogP contribution in [0.25, 0.3) is 0 Å². The smallest absolute Gasteiger partial charge is 0.444 e. The molecular weight excluding hydrogens is 473 g/mol. The number of carbonyl (C=O) groups excluding carboxylic acids is 2.